The summed E-state index contributed by atoms with van der Waals surface area (Å²) in [4.78, 5) is 12.6. The smallest absolute Gasteiger partial charge is 0.234 e. The first-order chi connectivity index (χ1) is 15.2. The van der Waals surface area contributed by atoms with Crippen molar-refractivity contribution in [2.75, 3.05) is 11.1 Å². The van der Waals surface area contributed by atoms with Gasteiger partial charge in [0, 0.05) is 17.3 Å². The van der Waals surface area contributed by atoms with E-state index in [1.807, 2.05) is 19.9 Å². The third kappa shape index (κ3) is 5.99. The summed E-state index contributed by atoms with van der Waals surface area (Å²) in [5.74, 6) is -0.168. The molecular formula is C22H23ClN4O3S2. The summed E-state index contributed by atoms with van der Waals surface area (Å²) in [5.41, 5.74) is 2.51. The van der Waals surface area contributed by atoms with Crippen LogP contribution in [0.1, 0.15) is 17.0 Å². The quantitative estimate of drug-likeness (QED) is 0.352. The minimum absolute atomic E-state index is 0.0753. The number of carbonyl (C=O) groups is 1. The summed E-state index contributed by atoms with van der Waals surface area (Å²) in [7, 11) is -3.60. The second-order valence-electron chi connectivity index (χ2n) is 7.17. The van der Waals surface area contributed by atoms with Crippen molar-refractivity contribution in [1.29, 1.82) is 0 Å². The Morgan fingerprint density at radius 1 is 1.19 bits per heavy atom. The number of allylic oxidation sites excluding steroid dienone is 1. The van der Waals surface area contributed by atoms with E-state index in [2.05, 4.69) is 22.1 Å². The fraction of sp³-hybridized carbons (Fsp3) is 0.227. The van der Waals surface area contributed by atoms with E-state index < -0.39 is 9.84 Å². The summed E-state index contributed by atoms with van der Waals surface area (Å²) in [5, 5.41) is 12.0. The van der Waals surface area contributed by atoms with Crippen LogP contribution in [-0.2, 0) is 26.9 Å². The first-order valence-corrected chi connectivity index (χ1v) is 12.7. The van der Waals surface area contributed by atoms with E-state index in [4.69, 9.17) is 11.6 Å². The average molecular weight is 491 g/mol. The fourth-order valence-corrected chi connectivity index (χ4v) is 5.10. The predicted molar refractivity (Wildman–Crippen MR) is 128 cm³/mol. The van der Waals surface area contributed by atoms with Gasteiger partial charge in [0.25, 0.3) is 0 Å². The molecule has 1 aromatic heterocycles. The maximum Gasteiger partial charge on any atom is 0.234 e. The molecule has 7 nitrogen and oxygen atoms in total. The molecule has 2 aromatic carbocycles. The van der Waals surface area contributed by atoms with Crippen molar-refractivity contribution in [2.45, 2.75) is 36.2 Å². The lowest BCUT2D eigenvalue weighted by Crippen LogP contribution is -2.16. The van der Waals surface area contributed by atoms with Crippen molar-refractivity contribution in [1.82, 2.24) is 14.8 Å². The van der Waals surface area contributed by atoms with Crippen LogP contribution in [0.15, 0.2) is 65.2 Å². The predicted octanol–water partition coefficient (Wildman–Crippen LogP) is 4.44. The number of thioether (sulfide) groups is 1. The maximum absolute atomic E-state index is 12.8. The molecule has 0 fully saturated rings. The third-order valence-electron chi connectivity index (χ3n) is 4.61. The highest BCUT2D eigenvalue weighted by molar-refractivity contribution is 7.99. The van der Waals surface area contributed by atoms with Gasteiger partial charge in [0.05, 0.1) is 10.6 Å². The van der Waals surface area contributed by atoms with Gasteiger partial charge in [-0.3, -0.25) is 4.79 Å². The Labute approximate surface area is 196 Å². The van der Waals surface area contributed by atoms with E-state index in [-0.39, 0.29) is 22.3 Å². The molecule has 3 aromatic rings. The number of anilines is 1. The van der Waals surface area contributed by atoms with Gasteiger partial charge in [-0.2, -0.15) is 0 Å². The lowest BCUT2D eigenvalue weighted by molar-refractivity contribution is -0.113. The highest BCUT2D eigenvalue weighted by Crippen LogP contribution is 2.23. The number of benzene rings is 2. The highest BCUT2D eigenvalue weighted by atomic mass is 35.5. The van der Waals surface area contributed by atoms with Crippen molar-refractivity contribution >= 4 is 44.8 Å². The van der Waals surface area contributed by atoms with Crippen molar-refractivity contribution in [3.63, 3.8) is 0 Å². The first-order valence-electron chi connectivity index (χ1n) is 9.71. The van der Waals surface area contributed by atoms with Gasteiger partial charge in [-0.25, -0.2) is 8.42 Å². The van der Waals surface area contributed by atoms with Crippen LogP contribution in [-0.4, -0.2) is 34.8 Å². The molecule has 0 atom stereocenters. The average Bonchev–Trinajstić information content (AvgIpc) is 3.10. The van der Waals surface area contributed by atoms with Crippen LogP contribution < -0.4 is 5.32 Å². The number of nitrogens with one attached hydrogen (secondary N) is 1. The summed E-state index contributed by atoms with van der Waals surface area (Å²) in [6, 6.07) is 11.9. The monoisotopic (exact) mass is 490 g/mol. The van der Waals surface area contributed by atoms with Crippen LogP contribution in [0.25, 0.3) is 0 Å². The Kier molecular flexibility index (Phi) is 7.76. The van der Waals surface area contributed by atoms with Crippen LogP contribution >= 0.6 is 23.4 Å². The molecule has 1 N–H and O–H groups in total. The summed E-state index contributed by atoms with van der Waals surface area (Å²) in [6.45, 7) is 7.82. The van der Waals surface area contributed by atoms with E-state index in [1.54, 1.807) is 47.0 Å². The second kappa shape index (κ2) is 10.3. The van der Waals surface area contributed by atoms with Gasteiger partial charge in [0.15, 0.2) is 15.0 Å². The Bertz CT molecular complexity index is 1240. The summed E-state index contributed by atoms with van der Waals surface area (Å²) in [6.07, 6.45) is 1.63. The summed E-state index contributed by atoms with van der Waals surface area (Å²) < 4.78 is 27.3. The van der Waals surface area contributed by atoms with Crippen LogP contribution in [0, 0.1) is 13.8 Å². The number of aryl methyl sites for hydroxylation is 2. The van der Waals surface area contributed by atoms with Crippen LogP contribution in [0.5, 0.6) is 0 Å². The minimum atomic E-state index is -3.60. The lowest BCUT2D eigenvalue weighted by Gasteiger charge is -2.10. The van der Waals surface area contributed by atoms with E-state index in [1.165, 1.54) is 11.8 Å². The molecule has 0 bridgehead atoms. The lowest BCUT2D eigenvalue weighted by atomic mass is 10.2. The number of aromatic nitrogens is 3. The standard InChI is InChI=1S/C22H23ClN4O3S2/c1-4-11-27-20(14-32(29,30)18-9-5-15(2)6-10-18)25-26-22(27)31-13-21(28)24-19-12-17(23)8-7-16(19)3/h4-10,12H,1,11,13-14H2,2-3H3,(H,24,28). The zero-order valence-electron chi connectivity index (χ0n) is 17.7. The maximum atomic E-state index is 12.8. The molecule has 32 heavy (non-hydrogen) atoms. The van der Waals surface area contributed by atoms with Gasteiger partial charge in [-0.1, -0.05) is 53.2 Å². The SMILES string of the molecule is C=CCn1c(CS(=O)(=O)c2ccc(C)cc2)nnc1SCC(=O)Nc1cc(Cl)ccc1C. The molecule has 168 valence electrons. The number of amides is 1. The number of halogens is 1. The molecule has 1 heterocycles. The molecule has 0 aliphatic heterocycles. The number of rotatable bonds is 9. The largest absolute Gasteiger partial charge is 0.325 e. The molecule has 0 saturated carbocycles. The number of hydrogen-bond donors (Lipinski definition) is 1. The zero-order chi connectivity index (χ0) is 23.3. The van der Waals surface area contributed by atoms with Gasteiger partial charge in [-0.15, -0.1) is 16.8 Å². The molecule has 0 saturated heterocycles. The Morgan fingerprint density at radius 2 is 1.91 bits per heavy atom. The molecule has 0 aliphatic carbocycles. The number of sulfone groups is 1. The van der Waals surface area contributed by atoms with Gasteiger partial charge < -0.3 is 9.88 Å². The Balaban J connectivity index is 1.73. The van der Waals surface area contributed by atoms with Crippen LogP contribution in [0.4, 0.5) is 5.69 Å². The van der Waals surface area contributed by atoms with Crippen molar-refractivity contribution < 1.29 is 13.2 Å². The molecule has 0 spiro atoms. The van der Waals surface area contributed by atoms with Gasteiger partial charge >= 0.3 is 0 Å². The van der Waals surface area contributed by atoms with E-state index in [0.717, 1.165) is 11.1 Å². The zero-order valence-corrected chi connectivity index (χ0v) is 20.1. The van der Waals surface area contributed by atoms with Crippen LogP contribution in [0.2, 0.25) is 5.02 Å². The normalized spacial score (nSPS) is 11.3. The molecule has 0 radical (unpaired) electrons. The third-order valence-corrected chi connectivity index (χ3v) is 7.44. The second-order valence-corrected chi connectivity index (χ2v) is 10.5. The van der Waals surface area contributed by atoms with E-state index >= 15 is 0 Å². The van der Waals surface area contributed by atoms with Gasteiger partial charge in [0.2, 0.25) is 5.91 Å². The van der Waals surface area contributed by atoms with Crippen LogP contribution in [0.3, 0.4) is 0 Å². The van der Waals surface area contributed by atoms with Crippen molar-refractivity contribution in [3.8, 4) is 0 Å². The number of carbonyl (C=O) groups excluding carboxylic acids is 1. The van der Waals surface area contributed by atoms with Crippen molar-refractivity contribution in [2.24, 2.45) is 0 Å². The number of nitrogens with zero attached hydrogens (tertiary/aromatic N) is 3. The molecule has 10 heteroatoms. The molecule has 0 unspecified atom stereocenters. The molecule has 0 aliphatic rings. The fourth-order valence-electron chi connectivity index (χ4n) is 2.89. The van der Waals surface area contributed by atoms with Gasteiger partial charge in [0.1, 0.15) is 11.6 Å². The molecular weight excluding hydrogens is 468 g/mol. The van der Waals surface area contributed by atoms with E-state index in [0.29, 0.717) is 28.2 Å². The van der Waals surface area contributed by atoms with E-state index in [9.17, 15) is 13.2 Å². The summed E-state index contributed by atoms with van der Waals surface area (Å²) >= 11 is 7.17. The molecule has 1 amide bonds. The Hall–Kier alpha value is -2.62. The van der Waals surface area contributed by atoms with Gasteiger partial charge in [-0.05, 0) is 43.7 Å². The Morgan fingerprint density at radius 3 is 2.59 bits per heavy atom. The first kappa shape index (κ1) is 24.0. The minimum Gasteiger partial charge on any atom is -0.325 e. The number of hydrogen-bond acceptors (Lipinski definition) is 6. The van der Waals surface area contributed by atoms with Crippen molar-refractivity contribution in [3.05, 3.63) is 77.1 Å². The highest BCUT2D eigenvalue weighted by Gasteiger charge is 2.22. The molecule has 3 rings (SSSR count). The topological polar surface area (TPSA) is 93.9 Å².